The lowest BCUT2D eigenvalue weighted by Crippen LogP contribution is -2.24. The molecule has 0 aliphatic carbocycles. The zero-order valence-electron chi connectivity index (χ0n) is 16.7. The molecule has 28 heavy (non-hydrogen) atoms. The molecule has 5 heteroatoms. The van der Waals surface area contributed by atoms with Gasteiger partial charge in [-0.05, 0) is 56.2 Å². The van der Waals surface area contributed by atoms with Crippen LogP contribution in [0.5, 0.6) is 5.75 Å². The third-order valence-electron chi connectivity index (χ3n) is 4.98. The highest BCUT2D eigenvalue weighted by atomic mass is 16.5. The number of ether oxygens (including phenoxy) is 2. The van der Waals surface area contributed by atoms with Crippen molar-refractivity contribution in [1.29, 1.82) is 0 Å². The number of anilines is 1. The molecule has 1 heterocycles. The van der Waals surface area contributed by atoms with E-state index < -0.39 is 5.97 Å². The fourth-order valence-corrected chi connectivity index (χ4v) is 3.30. The van der Waals surface area contributed by atoms with Crippen LogP contribution in [0.3, 0.4) is 0 Å². The lowest BCUT2D eigenvalue weighted by molar-refractivity contribution is -0.136. The smallest absolute Gasteiger partial charge is 0.340 e. The van der Waals surface area contributed by atoms with Crippen molar-refractivity contribution in [3.05, 3.63) is 76.0 Å². The number of hydrogen-bond donors (Lipinski definition) is 0. The fourth-order valence-electron chi connectivity index (χ4n) is 3.30. The zero-order valence-corrected chi connectivity index (χ0v) is 16.7. The number of rotatable bonds is 4. The van der Waals surface area contributed by atoms with Gasteiger partial charge in [0.1, 0.15) is 5.75 Å². The maximum atomic E-state index is 13.3. The summed E-state index contributed by atoms with van der Waals surface area (Å²) in [4.78, 5) is 27.4. The molecule has 2 aromatic rings. The summed E-state index contributed by atoms with van der Waals surface area (Å²) in [5, 5.41) is 0. The lowest BCUT2D eigenvalue weighted by atomic mass is 10.0. The molecule has 0 fully saturated rings. The van der Waals surface area contributed by atoms with Crippen LogP contribution in [-0.2, 0) is 14.3 Å². The van der Waals surface area contributed by atoms with Crippen molar-refractivity contribution in [3.8, 4) is 5.75 Å². The number of benzene rings is 2. The molecule has 1 amide bonds. The Hall–Kier alpha value is -3.34. The van der Waals surface area contributed by atoms with Crippen molar-refractivity contribution < 1.29 is 19.1 Å². The molecule has 0 N–H and O–H groups in total. The number of hydrogen-bond acceptors (Lipinski definition) is 4. The number of nitrogens with zero attached hydrogens (tertiary/aromatic N) is 1. The molecule has 2 aromatic carbocycles. The zero-order chi connectivity index (χ0) is 20.4. The number of carbonyl (C=O) groups excluding carboxylic acids is 2. The van der Waals surface area contributed by atoms with Crippen molar-refractivity contribution in [2.45, 2.75) is 20.8 Å². The van der Waals surface area contributed by atoms with Gasteiger partial charge in [-0.2, -0.15) is 0 Å². The Morgan fingerprint density at radius 3 is 2.36 bits per heavy atom. The van der Waals surface area contributed by atoms with Gasteiger partial charge in [-0.3, -0.25) is 9.69 Å². The van der Waals surface area contributed by atoms with E-state index in [9.17, 15) is 9.59 Å². The van der Waals surface area contributed by atoms with Gasteiger partial charge in [0.05, 0.1) is 25.4 Å². The first-order chi connectivity index (χ1) is 13.4. The van der Waals surface area contributed by atoms with Gasteiger partial charge in [-0.1, -0.05) is 24.3 Å². The van der Waals surface area contributed by atoms with Gasteiger partial charge in [0.25, 0.3) is 5.91 Å². The minimum atomic E-state index is -0.543. The fraction of sp³-hybridized carbons (Fsp3) is 0.217. The van der Waals surface area contributed by atoms with Crippen LogP contribution in [0.2, 0.25) is 0 Å². The van der Waals surface area contributed by atoms with Crippen LogP contribution >= 0.6 is 0 Å². The predicted molar refractivity (Wildman–Crippen MR) is 109 cm³/mol. The third kappa shape index (κ3) is 3.31. The Morgan fingerprint density at radius 2 is 1.71 bits per heavy atom. The van der Waals surface area contributed by atoms with Crippen molar-refractivity contribution in [1.82, 2.24) is 0 Å². The van der Waals surface area contributed by atoms with Crippen molar-refractivity contribution in [2.24, 2.45) is 0 Å². The second-order valence-corrected chi connectivity index (χ2v) is 6.66. The van der Waals surface area contributed by atoms with Crippen LogP contribution in [0.15, 0.2) is 59.3 Å². The first-order valence-electron chi connectivity index (χ1n) is 8.95. The van der Waals surface area contributed by atoms with Crippen LogP contribution in [-0.4, -0.2) is 26.1 Å². The van der Waals surface area contributed by atoms with Crippen LogP contribution in [0.25, 0.3) is 6.08 Å². The van der Waals surface area contributed by atoms with E-state index >= 15 is 0 Å². The third-order valence-corrected chi connectivity index (χ3v) is 4.98. The Kier molecular flexibility index (Phi) is 5.36. The molecule has 1 aliphatic heterocycles. The average Bonchev–Trinajstić information content (AvgIpc) is 2.94. The summed E-state index contributed by atoms with van der Waals surface area (Å²) in [5.74, 6) is -0.195. The Balaban J connectivity index is 2.18. The first-order valence-corrected chi connectivity index (χ1v) is 8.95. The van der Waals surface area contributed by atoms with Crippen molar-refractivity contribution in [2.75, 3.05) is 19.1 Å². The number of carbonyl (C=O) groups is 2. The monoisotopic (exact) mass is 377 g/mol. The number of amides is 1. The molecule has 0 aromatic heterocycles. The predicted octanol–water partition coefficient (Wildman–Crippen LogP) is 4.19. The molecule has 1 aliphatic rings. The molecule has 144 valence electrons. The van der Waals surface area contributed by atoms with E-state index in [4.69, 9.17) is 9.47 Å². The SMILES string of the molecule is COC(=O)C1=C(C)N(c2ccc(C)c(C)c2)C(=O)/C1=C\c1ccccc1OC. The largest absolute Gasteiger partial charge is 0.496 e. The van der Waals surface area contributed by atoms with Gasteiger partial charge in [0.15, 0.2) is 0 Å². The highest BCUT2D eigenvalue weighted by Gasteiger charge is 2.38. The minimum Gasteiger partial charge on any atom is -0.496 e. The first kappa shape index (κ1) is 19.4. The molecule has 3 rings (SSSR count). The summed E-state index contributed by atoms with van der Waals surface area (Å²) in [7, 11) is 2.88. The highest BCUT2D eigenvalue weighted by Crippen LogP contribution is 2.36. The molecule has 0 atom stereocenters. The molecular weight excluding hydrogens is 354 g/mol. The van der Waals surface area contributed by atoms with Gasteiger partial charge in [-0.15, -0.1) is 0 Å². The number of allylic oxidation sites excluding steroid dienone is 1. The molecule has 5 nitrogen and oxygen atoms in total. The van der Waals surface area contributed by atoms with Gasteiger partial charge < -0.3 is 9.47 Å². The molecule has 0 saturated heterocycles. The normalized spacial score (nSPS) is 15.4. The van der Waals surface area contributed by atoms with Gasteiger partial charge >= 0.3 is 5.97 Å². The molecule has 0 spiro atoms. The molecule has 0 unspecified atom stereocenters. The second kappa shape index (κ2) is 7.72. The van der Waals surface area contributed by atoms with E-state index in [1.54, 1.807) is 31.1 Å². The van der Waals surface area contributed by atoms with Gasteiger partial charge in [0, 0.05) is 16.9 Å². The second-order valence-electron chi connectivity index (χ2n) is 6.66. The summed E-state index contributed by atoms with van der Waals surface area (Å²) in [5.41, 5.74) is 4.72. The van der Waals surface area contributed by atoms with E-state index in [2.05, 4.69) is 0 Å². The summed E-state index contributed by atoms with van der Waals surface area (Å²) in [6.45, 7) is 5.76. The molecular formula is C23H23NO4. The Labute approximate surface area is 164 Å². The summed E-state index contributed by atoms with van der Waals surface area (Å²) < 4.78 is 10.3. The maximum absolute atomic E-state index is 13.3. The maximum Gasteiger partial charge on any atom is 0.340 e. The molecule has 0 saturated carbocycles. The van der Waals surface area contributed by atoms with E-state index in [0.717, 1.165) is 16.8 Å². The molecule has 0 bridgehead atoms. The summed E-state index contributed by atoms with van der Waals surface area (Å²) in [6.07, 6.45) is 1.68. The van der Waals surface area contributed by atoms with E-state index in [0.29, 0.717) is 17.0 Å². The highest BCUT2D eigenvalue weighted by molar-refractivity contribution is 6.24. The van der Waals surface area contributed by atoms with Crippen LogP contribution in [0.4, 0.5) is 5.69 Å². The van der Waals surface area contributed by atoms with E-state index in [1.165, 1.54) is 7.11 Å². The Bertz CT molecular complexity index is 1020. The molecule has 0 radical (unpaired) electrons. The van der Waals surface area contributed by atoms with E-state index in [-0.39, 0.29) is 17.1 Å². The Morgan fingerprint density at radius 1 is 1.00 bits per heavy atom. The van der Waals surface area contributed by atoms with Gasteiger partial charge in [-0.25, -0.2) is 4.79 Å². The number of para-hydroxylation sites is 1. The number of esters is 1. The van der Waals surface area contributed by atoms with Crippen molar-refractivity contribution in [3.63, 3.8) is 0 Å². The summed E-state index contributed by atoms with van der Waals surface area (Å²) >= 11 is 0. The van der Waals surface area contributed by atoms with Crippen LogP contribution < -0.4 is 9.64 Å². The average molecular weight is 377 g/mol. The van der Waals surface area contributed by atoms with Crippen LogP contribution in [0, 0.1) is 13.8 Å². The quantitative estimate of drug-likeness (QED) is 0.592. The topological polar surface area (TPSA) is 55.8 Å². The van der Waals surface area contributed by atoms with Gasteiger partial charge in [0.2, 0.25) is 0 Å². The summed E-state index contributed by atoms with van der Waals surface area (Å²) in [6, 6.07) is 13.1. The number of methoxy groups -OCH3 is 2. The lowest BCUT2D eigenvalue weighted by Gasteiger charge is -2.19. The van der Waals surface area contributed by atoms with Crippen LogP contribution in [0.1, 0.15) is 23.6 Å². The van der Waals surface area contributed by atoms with Crippen molar-refractivity contribution >= 4 is 23.6 Å². The number of aryl methyl sites for hydroxylation is 2. The minimum absolute atomic E-state index is 0.261. The van der Waals surface area contributed by atoms with E-state index in [1.807, 2.05) is 50.2 Å². The standard InChI is InChI=1S/C23H23NO4/c1-14-10-11-18(12-15(14)2)24-16(3)21(23(26)28-5)19(22(24)25)13-17-8-6-7-9-20(17)27-4/h6-13H,1-5H3/b19-13-.